The van der Waals surface area contributed by atoms with Gasteiger partial charge in [0.05, 0.1) is 16.7 Å². The monoisotopic (exact) mass is 269 g/mol. The third-order valence-corrected chi connectivity index (χ3v) is 3.63. The zero-order chi connectivity index (χ0) is 13.9. The normalized spacial score (nSPS) is 17.3. The van der Waals surface area contributed by atoms with Crippen molar-refractivity contribution in [3.05, 3.63) is 64.0 Å². The largest absolute Gasteiger partial charge is 0.371 e. The topological polar surface area (TPSA) is 68.1 Å². The lowest BCUT2D eigenvalue weighted by Crippen LogP contribution is -2.19. The molecule has 0 spiro atoms. The summed E-state index contributed by atoms with van der Waals surface area (Å²) in [5, 5.41) is 14.3. The number of nitrogens with zero attached hydrogens (tertiary/aromatic N) is 2. The number of para-hydroxylation sites is 2. The van der Waals surface area contributed by atoms with Crippen molar-refractivity contribution in [3.63, 3.8) is 0 Å². The maximum absolute atomic E-state index is 11.1. The molecule has 2 aromatic rings. The van der Waals surface area contributed by atoms with Crippen LogP contribution >= 0.6 is 0 Å². The number of pyridine rings is 1. The highest BCUT2D eigenvalue weighted by molar-refractivity contribution is 5.62. The van der Waals surface area contributed by atoms with Gasteiger partial charge in [-0.1, -0.05) is 18.2 Å². The van der Waals surface area contributed by atoms with E-state index < -0.39 is 0 Å². The van der Waals surface area contributed by atoms with Gasteiger partial charge in [0.2, 0.25) is 0 Å². The molecule has 0 bridgehead atoms. The quantitative estimate of drug-likeness (QED) is 0.684. The smallest absolute Gasteiger partial charge is 0.292 e. The van der Waals surface area contributed by atoms with E-state index in [1.54, 1.807) is 24.4 Å². The van der Waals surface area contributed by atoms with E-state index in [1.165, 1.54) is 11.6 Å². The fourth-order valence-electron chi connectivity index (χ4n) is 2.69. The predicted molar refractivity (Wildman–Crippen MR) is 76.6 cm³/mol. The van der Waals surface area contributed by atoms with Gasteiger partial charge in [-0.15, -0.1) is 0 Å². The summed E-state index contributed by atoms with van der Waals surface area (Å²) in [5.74, 6) is 0. The second kappa shape index (κ2) is 5.28. The van der Waals surface area contributed by atoms with Gasteiger partial charge < -0.3 is 5.32 Å². The Kier molecular flexibility index (Phi) is 3.33. The van der Waals surface area contributed by atoms with E-state index in [2.05, 4.69) is 16.4 Å². The van der Waals surface area contributed by atoms with Crippen molar-refractivity contribution in [3.8, 4) is 0 Å². The van der Waals surface area contributed by atoms with Gasteiger partial charge in [0.25, 0.3) is 5.69 Å². The average Bonchev–Trinajstić information content (AvgIpc) is 2.48. The van der Waals surface area contributed by atoms with E-state index in [4.69, 9.17) is 0 Å². The molecular weight excluding hydrogens is 254 g/mol. The van der Waals surface area contributed by atoms with E-state index in [0.717, 1.165) is 25.0 Å². The van der Waals surface area contributed by atoms with Crippen LogP contribution in [-0.4, -0.2) is 9.91 Å². The van der Waals surface area contributed by atoms with Gasteiger partial charge in [-0.25, -0.2) is 0 Å². The number of rotatable bonds is 3. The summed E-state index contributed by atoms with van der Waals surface area (Å²) in [7, 11) is 0. The molecular formula is C15H15N3O2. The number of aromatic nitrogens is 1. The Labute approximate surface area is 116 Å². The van der Waals surface area contributed by atoms with Crippen molar-refractivity contribution in [2.24, 2.45) is 0 Å². The minimum absolute atomic E-state index is 0.0426. The molecule has 0 aliphatic heterocycles. The average molecular weight is 269 g/mol. The van der Waals surface area contributed by atoms with E-state index in [0.29, 0.717) is 5.69 Å². The number of hydrogen-bond donors (Lipinski definition) is 1. The van der Waals surface area contributed by atoms with Gasteiger partial charge >= 0.3 is 0 Å². The molecule has 0 saturated heterocycles. The van der Waals surface area contributed by atoms with Gasteiger partial charge in [-0.2, -0.15) is 0 Å². The maximum Gasteiger partial charge on any atom is 0.292 e. The Morgan fingerprint density at radius 3 is 2.95 bits per heavy atom. The first kappa shape index (κ1) is 12.6. The first-order valence-corrected chi connectivity index (χ1v) is 6.69. The minimum Gasteiger partial charge on any atom is -0.371 e. The van der Waals surface area contributed by atoms with Gasteiger partial charge in [0.1, 0.15) is 5.69 Å². The Bertz CT molecular complexity index is 643. The molecule has 1 heterocycles. The van der Waals surface area contributed by atoms with Crippen LogP contribution < -0.4 is 5.32 Å². The van der Waals surface area contributed by atoms with Crippen LogP contribution in [0.25, 0.3) is 0 Å². The fourth-order valence-corrected chi connectivity index (χ4v) is 2.69. The summed E-state index contributed by atoms with van der Waals surface area (Å²) >= 11 is 0. The maximum atomic E-state index is 11.1. The second-order valence-electron chi connectivity index (χ2n) is 4.91. The number of anilines is 1. The highest BCUT2D eigenvalue weighted by atomic mass is 16.6. The molecule has 1 aliphatic carbocycles. The minimum atomic E-state index is -0.357. The highest BCUT2D eigenvalue weighted by Crippen LogP contribution is 2.33. The molecule has 102 valence electrons. The Morgan fingerprint density at radius 1 is 1.25 bits per heavy atom. The molecule has 1 aromatic carbocycles. The van der Waals surface area contributed by atoms with Crippen molar-refractivity contribution < 1.29 is 4.92 Å². The van der Waals surface area contributed by atoms with E-state index in [-0.39, 0.29) is 16.7 Å². The van der Waals surface area contributed by atoms with Crippen molar-refractivity contribution in [1.82, 2.24) is 4.98 Å². The summed E-state index contributed by atoms with van der Waals surface area (Å²) in [6.07, 6.45) is 4.81. The van der Waals surface area contributed by atoms with Crippen LogP contribution in [0.2, 0.25) is 0 Å². The van der Waals surface area contributed by atoms with Gasteiger partial charge in [0, 0.05) is 12.3 Å². The second-order valence-corrected chi connectivity index (χ2v) is 4.91. The standard InChI is InChI=1S/C15H15N3O2/c19-18(20)14-9-2-1-7-12(14)17-13-8-3-5-11-6-4-10-16-15(11)13/h1-2,4,6-7,9-10,13,17H,3,5,8H2. The van der Waals surface area contributed by atoms with Crippen LogP contribution in [0.5, 0.6) is 0 Å². The highest BCUT2D eigenvalue weighted by Gasteiger charge is 2.23. The van der Waals surface area contributed by atoms with Crippen molar-refractivity contribution in [2.45, 2.75) is 25.3 Å². The zero-order valence-corrected chi connectivity index (χ0v) is 11.0. The SMILES string of the molecule is O=[N+]([O-])c1ccccc1NC1CCCc2cccnc21. The van der Waals surface area contributed by atoms with Gasteiger partial charge in [-0.3, -0.25) is 15.1 Å². The third kappa shape index (κ3) is 2.34. The number of hydrogen-bond acceptors (Lipinski definition) is 4. The van der Waals surface area contributed by atoms with Crippen LogP contribution in [-0.2, 0) is 6.42 Å². The number of nitrogens with one attached hydrogen (secondary N) is 1. The van der Waals surface area contributed by atoms with Crippen molar-refractivity contribution >= 4 is 11.4 Å². The third-order valence-electron chi connectivity index (χ3n) is 3.63. The number of aryl methyl sites for hydroxylation is 1. The lowest BCUT2D eigenvalue weighted by atomic mass is 9.91. The van der Waals surface area contributed by atoms with Gasteiger partial charge in [-0.05, 0) is 37.0 Å². The molecule has 0 amide bonds. The number of fused-ring (bicyclic) bond motifs is 1. The lowest BCUT2D eigenvalue weighted by Gasteiger charge is -2.25. The Hall–Kier alpha value is -2.43. The molecule has 1 N–H and O–H groups in total. The van der Waals surface area contributed by atoms with Crippen LogP contribution in [0.15, 0.2) is 42.6 Å². The molecule has 1 aromatic heterocycles. The van der Waals surface area contributed by atoms with Crippen molar-refractivity contribution in [2.75, 3.05) is 5.32 Å². The Morgan fingerprint density at radius 2 is 2.10 bits per heavy atom. The number of nitro groups is 1. The molecule has 0 saturated carbocycles. The molecule has 1 unspecified atom stereocenters. The van der Waals surface area contributed by atoms with Crippen LogP contribution in [0.1, 0.15) is 30.1 Å². The van der Waals surface area contributed by atoms with Crippen molar-refractivity contribution in [1.29, 1.82) is 0 Å². The van der Waals surface area contributed by atoms with E-state index in [9.17, 15) is 10.1 Å². The molecule has 3 rings (SSSR count). The summed E-state index contributed by atoms with van der Waals surface area (Å²) < 4.78 is 0. The molecule has 1 atom stereocenters. The fraction of sp³-hybridized carbons (Fsp3) is 0.267. The van der Waals surface area contributed by atoms with Crippen LogP contribution in [0.4, 0.5) is 11.4 Å². The lowest BCUT2D eigenvalue weighted by molar-refractivity contribution is -0.384. The summed E-state index contributed by atoms with van der Waals surface area (Å²) in [6, 6.07) is 10.8. The van der Waals surface area contributed by atoms with Crippen LogP contribution in [0, 0.1) is 10.1 Å². The summed E-state index contributed by atoms with van der Waals surface area (Å²) in [4.78, 5) is 15.1. The molecule has 5 heteroatoms. The number of benzene rings is 1. The van der Waals surface area contributed by atoms with E-state index >= 15 is 0 Å². The summed E-state index contributed by atoms with van der Waals surface area (Å²) in [5.41, 5.74) is 2.91. The first-order chi connectivity index (χ1) is 9.75. The molecule has 0 fully saturated rings. The Balaban J connectivity index is 1.92. The van der Waals surface area contributed by atoms with Gasteiger partial charge in [0.15, 0.2) is 0 Å². The molecule has 1 aliphatic rings. The number of nitro benzene ring substituents is 1. The zero-order valence-electron chi connectivity index (χ0n) is 11.0. The molecule has 5 nitrogen and oxygen atoms in total. The van der Waals surface area contributed by atoms with E-state index in [1.807, 2.05) is 6.07 Å². The van der Waals surface area contributed by atoms with Crippen LogP contribution in [0.3, 0.4) is 0 Å². The first-order valence-electron chi connectivity index (χ1n) is 6.69. The molecule has 20 heavy (non-hydrogen) atoms. The predicted octanol–water partition coefficient (Wildman–Crippen LogP) is 3.48. The molecule has 0 radical (unpaired) electrons. The summed E-state index contributed by atoms with van der Waals surface area (Å²) in [6.45, 7) is 0.